The van der Waals surface area contributed by atoms with Crippen molar-refractivity contribution < 1.29 is 18.0 Å². The molecule has 1 aliphatic rings. The van der Waals surface area contributed by atoms with Crippen LogP contribution in [0.2, 0.25) is 0 Å². The molecule has 1 aliphatic heterocycles. The van der Waals surface area contributed by atoms with Gasteiger partial charge in [-0.1, -0.05) is 30.3 Å². The molecule has 1 amide bonds. The third-order valence-electron chi connectivity index (χ3n) is 4.34. The molecule has 3 nitrogen and oxygen atoms in total. The van der Waals surface area contributed by atoms with Crippen molar-refractivity contribution in [2.45, 2.75) is 18.1 Å². The molecule has 2 aromatic rings. The molecule has 24 heavy (non-hydrogen) atoms. The van der Waals surface area contributed by atoms with Crippen LogP contribution in [0.15, 0.2) is 54.6 Å². The first-order chi connectivity index (χ1) is 11.4. The standard InChI is InChI=1S/C18H17F3N2O/c19-18(20,21)14-8-6-13(7-9-14)17(24)23-10-15(16(22)11-23)12-4-2-1-3-5-12/h1-9,15-16H,10-11,22H2/t15-,16+/m0/s1. The average molecular weight is 334 g/mol. The lowest BCUT2D eigenvalue weighted by molar-refractivity contribution is -0.137. The van der Waals surface area contributed by atoms with Crippen LogP contribution in [-0.2, 0) is 6.18 Å². The van der Waals surface area contributed by atoms with Crippen molar-refractivity contribution in [2.24, 2.45) is 5.73 Å². The quantitative estimate of drug-likeness (QED) is 0.916. The fraction of sp³-hybridized carbons (Fsp3) is 0.278. The molecule has 0 saturated carbocycles. The first kappa shape index (κ1) is 16.5. The van der Waals surface area contributed by atoms with Crippen LogP contribution in [0.5, 0.6) is 0 Å². The minimum atomic E-state index is -4.41. The topological polar surface area (TPSA) is 46.3 Å². The van der Waals surface area contributed by atoms with Gasteiger partial charge in [-0.25, -0.2) is 0 Å². The Morgan fingerprint density at radius 1 is 1.00 bits per heavy atom. The van der Waals surface area contributed by atoms with Crippen molar-refractivity contribution in [1.29, 1.82) is 0 Å². The van der Waals surface area contributed by atoms with Crippen molar-refractivity contribution in [2.75, 3.05) is 13.1 Å². The van der Waals surface area contributed by atoms with E-state index in [1.54, 1.807) is 4.90 Å². The molecule has 0 radical (unpaired) electrons. The predicted molar refractivity (Wildman–Crippen MR) is 84.5 cm³/mol. The molecule has 3 rings (SSSR count). The number of nitrogens with two attached hydrogens (primary N) is 1. The lowest BCUT2D eigenvalue weighted by Crippen LogP contribution is -2.32. The third-order valence-corrected chi connectivity index (χ3v) is 4.34. The maximum Gasteiger partial charge on any atom is 0.416 e. The second-order valence-electron chi connectivity index (χ2n) is 5.97. The minimum Gasteiger partial charge on any atom is -0.336 e. The van der Waals surface area contributed by atoms with Gasteiger partial charge in [-0.3, -0.25) is 4.79 Å². The highest BCUT2D eigenvalue weighted by Gasteiger charge is 2.35. The SMILES string of the molecule is N[C@@H]1CN(C(=O)c2ccc(C(F)(F)F)cc2)C[C@H]1c1ccccc1. The predicted octanol–water partition coefficient (Wildman–Crippen LogP) is 3.27. The number of likely N-dealkylation sites (tertiary alicyclic amines) is 1. The van der Waals surface area contributed by atoms with Gasteiger partial charge in [-0.2, -0.15) is 13.2 Å². The van der Waals surface area contributed by atoms with E-state index in [4.69, 9.17) is 5.73 Å². The third kappa shape index (κ3) is 3.28. The summed E-state index contributed by atoms with van der Waals surface area (Å²) in [5, 5.41) is 0. The lowest BCUT2D eigenvalue weighted by atomic mass is 9.95. The Balaban J connectivity index is 1.74. The Morgan fingerprint density at radius 2 is 1.62 bits per heavy atom. The summed E-state index contributed by atoms with van der Waals surface area (Å²) in [6.07, 6.45) is -4.41. The van der Waals surface area contributed by atoms with Gasteiger partial charge in [0.05, 0.1) is 5.56 Å². The van der Waals surface area contributed by atoms with Crippen molar-refractivity contribution >= 4 is 5.91 Å². The number of hydrogen-bond acceptors (Lipinski definition) is 2. The van der Waals surface area contributed by atoms with E-state index in [0.717, 1.165) is 17.7 Å². The average Bonchev–Trinajstić information content (AvgIpc) is 2.96. The number of hydrogen-bond donors (Lipinski definition) is 1. The summed E-state index contributed by atoms with van der Waals surface area (Å²) >= 11 is 0. The highest BCUT2D eigenvalue weighted by atomic mass is 19.4. The van der Waals surface area contributed by atoms with Gasteiger partial charge in [0.1, 0.15) is 0 Å². The Labute approximate surface area is 137 Å². The Kier molecular flexibility index (Phi) is 4.32. The highest BCUT2D eigenvalue weighted by Crippen LogP contribution is 2.30. The van der Waals surface area contributed by atoms with E-state index in [2.05, 4.69) is 0 Å². The van der Waals surface area contributed by atoms with E-state index >= 15 is 0 Å². The molecular formula is C18H17F3N2O. The van der Waals surface area contributed by atoms with E-state index < -0.39 is 11.7 Å². The van der Waals surface area contributed by atoms with Crippen molar-refractivity contribution in [3.63, 3.8) is 0 Å². The second kappa shape index (κ2) is 6.28. The van der Waals surface area contributed by atoms with E-state index in [1.807, 2.05) is 30.3 Å². The fourth-order valence-electron chi connectivity index (χ4n) is 3.03. The minimum absolute atomic E-state index is 0.0320. The number of carbonyl (C=O) groups excluding carboxylic acids is 1. The smallest absolute Gasteiger partial charge is 0.336 e. The van der Waals surface area contributed by atoms with Gasteiger partial charge >= 0.3 is 6.18 Å². The largest absolute Gasteiger partial charge is 0.416 e. The molecule has 1 fully saturated rings. The van der Waals surface area contributed by atoms with Crippen LogP contribution in [0.25, 0.3) is 0 Å². The number of carbonyl (C=O) groups is 1. The first-order valence-corrected chi connectivity index (χ1v) is 7.63. The molecule has 2 N–H and O–H groups in total. The van der Waals surface area contributed by atoms with Crippen LogP contribution in [-0.4, -0.2) is 29.9 Å². The number of nitrogens with zero attached hydrogens (tertiary/aromatic N) is 1. The van der Waals surface area contributed by atoms with Crippen LogP contribution < -0.4 is 5.73 Å². The van der Waals surface area contributed by atoms with Crippen molar-refractivity contribution in [1.82, 2.24) is 4.90 Å². The summed E-state index contributed by atoms with van der Waals surface area (Å²) in [5.41, 5.74) is 6.69. The van der Waals surface area contributed by atoms with Gasteiger partial charge < -0.3 is 10.6 Å². The molecule has 0 unspecified atom stereocenters. The zero-order valence-corrected chi connectivity index (χ0v) is 12.8. The van der Waals surface area contributed by atoms with Crippen LogP contribution >= 0.6 is 0 Å². The molecule has 2 aromatic carbocycles. The van der Waals surface area contributed by atoms with Crippen molar-refractivity contribution in [3.8, 4) is 0 Å². The summed E-state index contributed by atoms with van der Waals surface area (Å²) in [4.78, 5) is 14.1. The summed E-state index contributed by atoms with van der Waals surface area (Å²) in [6, 6.07) is 13.8. The maximum absolute atomic E-state index is 12.6. The zero-order chi connectivity index (χ0) is 17.3. The normalized spacial score (nSPS) is 21.1. The number of halogens is 3. The molecule has 0 spiro atoms. The zero-order valence-electron chi connectivity index (χ0n) is 12.8. The monoisotopic (exact) mass is 334 g/mol. The number of benzene rings is 2. The van der Waals surface area contributed by atoms with E-state index in [0.29, 0.717) is 13.1 Å². The molecule has 0 bridgehead atoms. The van der Waals surface area contributed by atoms with E-state index in [1.165, 1.54) is 12.1 Å². The van der Waals surface area contributed by atoms with E-state index in [-0.39, 0.29) is 23.4 Å². The van der Waals surface area contributed by atoms with Gasteiger partial charge in [-0.05, 0) is 29.8 Å². The number of amides is 1. The van der Waals surface area contributed by atoms with Gasteiger partial charge in [0.25, 0.3) is 5.91 Å². The Hall–Kier alpha value is -2.34. The molecule has 0 aromatic heterocycles. The van der Waals surface area contributed by atoms with Gasteiger partial charge in [0, 0.05) is 30.6 Å². The van der Waals surface area contributed by atoms with E-state index in [9.17, 15) is 18.0 Å². The summed E-state index contributed by atoms with van der Waals surface area (Å²) in [5.74, 6) is -0.262. The van der Waals surface area contributed by atoms with Gasteiger partial charge in [0.2, 0.25) is 0 Å². The van der Waals surface area contributed by atoms with Crippen LogP contribution in [0, 0.1) is 0 Å². The summed E-state index contributed by atoms with van der Waals surface area (Å²) in [6.45, 7) is 0.852. The molecule has 6 heteroatoms. The summed E-state index contributed by atoms with van der Waals surface area (Å²) < 4.78 is 37.8. The van der Waals surface area contributed by atoms with Crippen molar-refractivity contribution in [3.05, 3.63) is 71.3 Å². The fourth-order valence-corrected chi connectivity index (χ4v) is 3.03. The van der Waals surface area contributed by atoms with Gasteiger partial charge in [-0.15, -0.1) is 0 Å². The Bertz CT molecular complexity index is 713. The maximum atomic E-state index is 12.6. The summed E-state index contributed by atoms with van der Waals surface area (Å²) in [7, 11) is 0. The molecule has 2 atom stereocenters. The molecule has 1 heterocycles. The number of rotatable bonds is 2. The molecule has 1 saturated heterocycles. The first-order valence-electron chi connectivity index (χ1n) is 7.63. The van der Waals surface area contributed by atoms with Crippen LogP contribution in [0.4, 0.5) is 13.2 Å². The van der Waals surface area contributed by atoms with Crippen LogP contribution in [0.3, 0.4) is 0 Å². The molecule has 0 aliphatic carbocycles. The lowest BCUT2D eigenvalue weighted by Gasteiger charge is -2.17. The highest BCUT2D eigenvalue weighted by molar-refractivity contribution is 5.94. The second-order valence-corrected chi connectivity index (χ2v) is 5.97. The molecular weight excluding hydrogens is 317 g/mol. The number of alkyl halides is 3. The Morgan fingerprint density at radius 3 is 2.21 bits per heavy atom. The van der Waals surface area contributed by atoms with Crippen LogP contribution in [0.1, 0.15) is 27.4 Å². The van der Waals surface area contributed by atoms with Gasteiger partial charge in [0.15, 0.2) is 0 Å². The molecule has 126 valence electrons.